The van der Waals surface area contributed by atoms with Crippen molar-refractivity contribution in [2.75, 3.05) is 20.2 Å². The molecule has 1 aliphatic rings. The van der Waals surface area contributed by atoms with Crippen molar-refractivity contribution in [3.8, 4) is 0 Å². The zero-order valence-corrected chi connectivity index (χ0v) is 18.0. The number of aliphatic hydroxyl groups is 2. The highest BCUT2D eigenvalue weighted by atomic mass is 32.2. The quantitative estimate of drug-likeness (QED) is 0.519. The third-order valence-electron chi connectivity index (χ3n) is 5.66. The number of sulfonamides is 1. The minimum atomic E-state index is -3.57. The summed E-state index contributed by atoms with van der Waals surface area (Å²) in [6, 6.07) is 7.99. The van der Waals surface area contributed by atoms with Gasteiger partial charge >= 0.3 is 0 Å². The van der Waals surface area contributed by atoms with Gasteiger partial charge in [-0.15, -0.1) is 0 Å². The maximum atomic E-state index is 12.6. The molecular weight excluding hydrogens is 376 g/mol. The van der Waals surface area contributed by atoms with Gasteiger partial charge in [0.05, 0.1) is 18.5 Å². The van der Waals surface area contributed by atoms with Crippen LogP contribution in [-0.2, 0) is 22.3 Å². The van der Waals surface area contributed by atoms with Gasteiger partial charge in [0, 0.05) is 26.2 Å². The van der Waals surface area contributed by atoms with E-state index in [4.69, 9.17) is 5.11 Å². The second-order valence-electron chi connectivity index (χ2n) is 8.16. The van der Waals surface area contributed by atoms with Crippen LogP contribution in [0.1, 0.15) is 56.6 Å². The minimum absolute atomic E-state index is 0.113. The highest BCUT2D eigenvalue weighted by molar-refractivity contribution is 7.88. The Morgan fingerprint density at radius 1 is 1.18 bits per heavy atom. The number of hydrogen-bond donors (Lipinski definition) is 3. The van der Waals surface area contributed by atoms with Crippen molar-refractivity contribution in [2.45, 2.75) is 69.9 Å². The van der Waals surface area contributed by atoms with Crippen LogP contribution >= 0.6 is 0 Å². The van der Waals surface area contributed by atoms with Crippen molar-refractivity contribution >= 4 is 10.0 Å². The molecule has 0 radical (unpaired) electrons. The number of rotatable bonds is 11. The van der Waals surface area contributed by atoms with Gasteiger partial charge < -0.3 is 15.5 Å². The summed E-state index contributed by atoms with van der Waals surface area (Å²) in [6.07, 6.45) is 6.80. The summed E-state index contributed by atoms with van der Waals surface area (Å²) < 4.78 is 26.3. The summed E-state index contributed by atoms with van der Waals surface area (Å²) in [6.45, 7) is 2.28. The van der Waals surface area contributed by atoms with E-state index in [9.17, 15) is 13.5 Å². The number of hydrogen-bond acceptors (Lipinski definition) is 5. The van der Waals surface area contributed by atoms with Crippen molar-refractivity contribution in [1.29, 1.82) is 0 Å². The van der Waals surface area contributed by atoms with Gasteiger partial charge in [-0.05, 0) is 30.4 Å². The predicted octanol–water partition coefficient (Wildman–Crippen LogP) is 2.25. The fraction of sp³-hybridized carbons (Fsp3) is 0.714. The summed E-state index contributed by atoms with van der Waals surface area (Å²) in [5.41, 5.74) is 1.75. The van der Waals surface area contributed by atoms with E-state index in [1.165, 1.54) is 45.6 Å². The van der Waals surface area contributed by atoms with Gasteiger partial charge in [-0.2, -0.15) is 0 Å². The first-order valence-corrected chi connectivity index (χ1v) is 12.0. The third kappa shape index (κ3) is 7.44. The molecule has 1 aliphatic carbocycles. The molecule has 28 heavy (non-hydrogen) atoms. The van der Waals surface area contributed by atoms with Crippen LogP contribution in [-0.4, -0.2) is 55.3 Å². The molecule has 0 aromatic heterocycles. The maximum Gasteiger partial charge on any atom is 0.218 e. The van der Waals surface area contributed by atoms with Crippen LogP contribution in [0.2, 0.25) is 0 Å². The van der Waals surface area contributed by atoms with Crippen molar-refractivity contribution < 1.29 is 18.6 Å². The lowest BCUT2D eigenvalue weighted by Crippen LogP contribution is -2.36. The summed E-state index contributed by atoms with van der Waals surface area (Å²) in [5.74, 6) is 0.690. The molecule has 1 saturated carbocycles. The molecule has 1 aromatic rings. The van der Waals surface area contributed by atoms with Gasteiger partial charge in [-0.3, -0.25) is 0 Å². The zero-order chi connectivity index (χ0) is 20.6. The van der Waals surface area contributed by atoms with Crippen LogP contribution in [0.5, 0.6) is 0 Å². The minimum Gasteiger partial charge on any atom is -0.394 e. The van der Waals surface area contributed by atoms with E-state index in [0.29, 0.717) is 12.6 Å². The number of aliphatic hydroxyl groups excluding tert-OH is 2. The molecule has 0 amide bonds. The van der Waals surface area contributed by atoms with E-state index in [-0.39, 0.29) is 12.3 Å². The van der Waals surface area contributed by atoms with Gasteiger partial charge in [-0.1, -0.05) is 56.4 Å². The van der Waals surface area contributed by atoms with Crippen molar-refractivity contribution in [2.24, 2.45) is 5.92 Å². The Hall–Kier alpha value is -0.990. The first-order valence-electron chi connectivity index (χ1n) is 10.3. The highest BCUT2D eigenvalue weighted by Crippen LogP contribution is 2.27. The average Bonchev–Trinajstić information content (AvgIpc) is 2.67. The third-order valence-corrected chi connectivity index (χ3v) is 7.44. The Labute approximate surface area is 170 Å². The van der Waals surface area contributed by atoms with Crippen LogP contribution in [0.4, 0.5) is 0 Å². The molecule has 0 bridgehead atoms. The molecule has 2 unspecified atom stereocenters. The van der Waals surface area contributed by atoms with Crippen LogP contribution < -0.4 is 5.32 Å². The van der Waals surface area contributed by atoms with E-state index in [1.807, 2.05) is 24.3 Å². The molecule has 1 fully saturated rings. The van der Waals surface area contributed by atoms with Crippen LogP contribution in [0, 0.1) is 5.92 Å². The summed E-state index contributed by atoms with van der Waals surface area (Å²) in [4.78, 5) is 0. The first-order chi connectivity index (χ1) is 13.3. The first kappa shape index (κ1) is 23.3. The lowest BCUT2D eigenvalue weighted by atomic mass is 9.85. The summed E-state index contributed by atoms with van der Waals surface area (Å²) in [7, 11) is -2.14. The fourth-order valence-electron chi connectivity index (χ4n) is 3.94. The monoisotopic (exact) mass is 412 g/mol. The van der Waals surface area contributed by atoms with E-state index in [0.717, 1.165) is 21.4 Å². The lowest BCUT2D eigenvalue weighted by molar-refractivity contribution is 0.0825. The molecule has 0 saturated heterocycles. The average molecular weight is 413 g/mol. The highest BCUT2D eigenvalue weighted by Gasteiger charge is 2.22. The zero-order valence-electron chi connectivity index (χ0n) is 17.2. The van der Waals surface area contributed by atoms with Crippen molar-refractivity contribution in [3.63, 3.8) is 0 Å². The number of benzene rings is 1. The Kier molecular flexibility index (Phi) is 9.37. The molecule has 2 atom stereocenters. The van der Waals surface area contributed by atoms with Gasteiger partial charge in [0.25, 0.3) is 0 Å². The van der Waals surface area contributed by atoms with E-state index >= 15 is 0 Å². The molecule has 6 nitrogen and oxygen atoms in total. The van der Waals surface area contributed by atoms with Gasteiger partial charge in [-0.25, -0.2) is 12.7 Å². The van der Waals surface area contributed by atoms with Crippen molar-refractivity contribution in [1.82, 2.24) is 9.62 Å². The summed E-state index contributed by atoms with van der Waals surface area (Å²) in [5, 5.41) is 22.0. The fourth-order valence-corrected chi connectivity index (χ4v) is 5.23. The van der Waals surface area contributed by atoms with E-state index in [2.05, 4.69) is 12.2 Å². The standard InChI is InChI=1S/C21H36N2O4S/c1-17(12-18-8-4-3-5-9-18)22-13-19-10-6-7-11-20(19)16-28(26,27)23(2)14-21(25)15-24/h6-7,10-11,17-18,21-22,24-25H,3-5,8-9,12-16H2,1-2H3. The molecule has 1 aromatic carbocycles. The Bertz CT molecular complexity index is 689. The molecule has 3 N–H and O–H groups in total. The predicted molar refractivity (Wildman–Crippen MR) is 112 cm³/mol. The van der Waals surface area contributed by atoms with Crippen molar-refractivity contribution in [3.05, 3.63) is 35.4 Å². The number of likely N-dealkylation sites (N-methyl/N-ethyl adjacent to an activating group) is 1. The molecule has 160 valence electrons. The van der Waals surface area contributed by atoms with E-state index < -0.39 is 22.7 Å². The Morgan fingerprint density at radius 2 is 1.82 bits per heavy atom. The van der Waals surface area contributed by atoms with E-state index in [1.54, 1.807) is 0 Å². The second-order valence-corrected chi connectivity index (χ2v) is 10.2. The largest absolute Gasteiger partial charge is 0.394 e. The normalized spacial score (nSPS) is 18.3. The second kappa shape index (κ2) is 11.3. The molecular formula is C21H36N2O4S. The molecule has 0 heterocycles. The smallest absolute Gasteiger partial charge is 0.218 e. The Balaban J connectivity index is 1.94. The number of nitrogens with zero attached hydrogens (tertiary/aromatic N) is 1. The van der Waals surface area contributed by atoms with Crippen LogP contribution in [0.3, 0.4) is 0 Å². The molecule has 7 heteroatoms. The van der Waals surface area contributed by atoms with Gasteiger partial charge in [0.2, 0.25) is 10.0 Å². The van der Waals surface area contributed by atoms with Crippen LogP contribution in [0.15, 0.2) is 24.3 Å². The van der Waals surface area contributed by atoms with Gasteiger partial charge in [0.15, 0.2) is 0 Å². The van der Waals surface area contributed by atoms with Crippen LogP contribution in [0.25, 0.3) is 0 Å². The molecule has 0 aliphatic heterocycles. The van der Waals surface area contributed by atoms with Gasteiger partial charge in [0.1, 0.15) is 0 Å². The SMILES string of the molecule is CC(CC1CCCCC1)NCc1ccccc1CS(=O)(=O)N(C)CC(O)CO. The molecule has 2 rings (SSSR count). The number of nitrogens with one attached hydrogen (secondary N) is 1. The topological polar surface area (TPSA) is 89.9 Å². The molecule has 0 spiro atoms. The Morgan fingerprint density at radius 3 is 2.46 bits per heavy atom. The lowest BCUT2D eigenvalue weighted by Gasteiger charge is -2.25. The maximum absolute atomic E-state index is 12.6. The summed E-state index contributed by atoms with van der Waals surface area (Å²) >= 11 is 0.